The average Bonchev–Trinajstić information content (AvgIpc) is 3.17. The molecule has 33 heavy (non-hydrogen) atoms. The van der Waals surface area contributed by atoms with Crippen molar-refractivity contribution < 1.29 is 36.9 Å². The number of nitrogens with one attached hydrogen (secondary N) is 1. The Morgan fingerprint density at radius 2 is 2.00 bits per heavy atom. The van der Waals surface area contributed by atoms with E-state index in [2.05, 4.69) is 20.3 Å². The van der Waals surface area contributed by atoms with Crippen LogP contribution < -0.4 is 11.1 Å². The van der Waals surface area contributed by atoms with Crippen molar-refractivity contribution in [2.45, 2.75) is 12.1 Å². The Morgan fingerprint density at radius 3 is 2.55 bits per heavy atom. The van der Waals surface area contributed by atoms with E-state index in [1.807, 2.05) is 0 Å². The molecule has 0 aliphatic carbocycles. The van der Waals surface area contributed by atoms with E-state index in [1.54, 1.807) is 18.2 Å². The standard InChI is InChI=1S/C17H17N5O8S2.Na.H/c1-29-21-12(10-8-31-17(18)19-10)14(23)20-13-11(22(15(13)24)32(26,27)28)7-30-16(25)9-5-3-2-4-6-9;;/h2-6,8,11,13H,7H2,1H3,(H2,18,19)(H,20,23)(H,26,27,28);;/b21-12-;;. The van der Waals surface area contributed by atoms with Crippen LogP contribution in [0.25, 0.3) is 0 Å². The first-order valence-corrected chi connectivity index (χ1v) is 11.1. The quantitative estimate of drug-likeness (QED) is 0.0975. The van der Waals surface area contributed by atoms with Crippen molar-refractivity contribution in [1.82, 2.24) is 14.6 Å². The van der Waals surface area contributed by atoms with Gasteiger partial charge in [-0.1, -0.05) is 23.4 Å². The molecule has 2 amide bonds. The molecule has 0 radical (unpaired) electrons. The summed E-state index contributed by atoms with van der Waals surface area (Å²) in [6, 6.07) is 4.99. The van der Waals surface area contributed by atoms with Crippen LogP contribution in [0, 0.1) is 0 Å². The SMILES string of the molecule is CO/N=C(\C(=O)NC1C(=O)N(S(=O)(=O)O)C1COC(=O)c1ccccc1)c1csc(N)n1.[NaH]. The molecule has 16 heteroatoms. The number of thiazole rings is 1. The number of amides is 2. The summed E-state index contributed by atoms with van der Waals surface area (Å²) >= 11 is 1.03. The number of anilines is 1. The van der Waals surface area contributed by atoms with Gasteiger partial charge in [-0.3, -0.25) is 14.1 Å². The van der Waals surface area contributed by atoms with Crippen molar-refractivity contribution in [3.8, 4) is 0 Å². The molecule has 0 saturated carbocycles. The van der Waals surface area contributed by atoms with Crippen LogP contribution in [0.1, 0.15) is 16.1 Å². The van der Waals surface area contributed by atoms with Crippen LogP contribution in [0.2, 0.25) is 0 Å². The van der Waals surface area contributed by atoms with E-state index in [9.17, 15) is 27.4 Å². The minimum absolute atomic E-state index is 0. The second kappa shape index (κ2) is 11.0. The van der Waals surface area contributed by atoms with Gasteiger partial charge < -0.3 is 20.6 Å². The molecule has 1 fully saturated rings. The number of benzene rings is 1. The van der Waals surface area contributed by atoms with Gasteiger partial charge in [-0.25, -0.2) is 14.1 Å². The molecule has 0 spiro atoms. The van der Waals surface area contributed by atoms with Gasteiger partial charge in [-0.2, -0.15) is 8.42 Å². The first-order chi connectivity index (χ1) is 15.1. The average molecular weight is 507 g/mol. The Kier molecular flexibility index (Phi) is 8.93. The van der Waals surface area contributed by atoms with Gasteiger partial charge in [0.2, 0.25) is 0 Å². The molecule has 2 unspecified atom stereocenters. The van der Waals surface area contributed by atoms with Gasteiger partial charge in [0.15, 0.2) is 10.8 Å². The monoisotopic (exact) mass is 507 g/mol. The van der Waals surface area contributed by atoms with E-state index >= 15 is 0 Å². The molecular formula is C17H18N5NaO8S2. The van der Waals surface area contributed by atoms with E-state index in [-0.39, 0.29) is 56.0 Å². The number of carbonyl (C=O) groups is 3. The molecule has 1 aliphatic heterocycles. The van der Waals surface area contributed by atoms with E-state index < -0.39 is 46.8 Å². The number of rotatable bonds is 8. The molecule has 3 rings (SSSR count). The summed E-state index contributed by atoms with van der Waals surface area (Å²) in [6.07, 6.45) is 0. The summed E-state index contributed by atoms with van der Waals surface area (Å²) in [7, 11) is -3.78. The third kappa shape index (κ3) is 6.07. The first-order valence-electron chi connectivity index (χ1n) is 8.79. The third-order valence-electron chi connectivity index (χ3n) is 4.26. The number of hydrogen-bond donors (Lipinski definition) is 3. The number of nitrogen functional groups attached to an aromatic ring is 1. The normalized spacial score (nSPS) is 18.1. The zero-order chi connectivity index (χ0) is 23.5. The van der Waals surface area contributed by atoms with Gasteiger partial charge in [-0.15, -0.1) is 11.3 Å². The van der Waals surface area contributed by atoms with Crippen molar-refractivity contribution in [3.05, 3.63) is 47.0 Å². The van der Waals surface area contributed by atoms with Crippen LogP contribution in [-0.4, -0.2) is 101 Å². The van der Waals surface area contributed by atoms with E-state index in [4.69, 9.17) is 10.5 Å². The van der Waals surface area contributed by atoms with Crippen molar-refractivity contribution in [2.24, 2.45) is 5.16 Å². The fraction of sp³-hybridized carbons (Fsp3) is 0.235. The van der Waals surface area contributed by atoms with E-state index in [0.29, 0.717) is 0 Å². The zero-order valence-corrected chi connectivity index (χ0v) is 18.0. The first kappa shape index (κ1) is 26.7. The molecule has 1 aromatic heterocycles. The summed E-state index contributed by atoms with van der Waals surface area (Å²) < 4.78 is 37.7. The van der Waals surface area contributed by atoms with Crippen LogP contribution >= 0.6 is 11.3 Å². The molecule has 13 nitrogen and oxygen atoms in total. The predicted octanol–water partition coefficient (Wildman–Crippen LogP) is -1.22. The molecule has 2 heterocycles. The van der Waals surface area contributed by atoms with Gasteiger partial charge >= 0.3 is 45.8 Å². The van der Waals surface area contributed by atoms with Gasteiger partial charge in [0.25, 0.3) is 11.8 Å². The molecule has 1 aliphatic rings. The fourth-order valence-corrected chi connectivity index (χ4v) is 4.26. The minimum atomic E-state index is -4.97. The Balaban J connectivity index is 0.00000385. The molecule has 4 N–H and O–H groups in total. The summed E-state index contributed by atoms with van der Waals surface area (Å²) in [5.41, 5.74) is 5.49. The van der Waals surface area contributed by atoms with Crippen molar-refractivity contribution in [1.29, 1.82) is 0 Å². The van der Waals surface area contributed by atoms with E-state index in [1.165, 1.54) is 24.6 Å². The van der Waals surface area contributed by atoms with Gasteiger partial charge in [0.05, 0.1) is 5.56 Å². The molecular weight excluding hydrogens is 489 g/mol. The topological polar surface area (TPSA) is 191 Å². The van der Waals surface area contributed by atoms with Crippen molar-refractivity contribution >= 4 is 79.8 Å². The number of hydrogen-bond acceptors (Lipinski definition) is 11. The van der Waals surface area contributed by atoms with Gasteiger partial charge in [0, 0.05) is 5.38 Å². The van der Waals surface area contributed by atoms with Crippen molar-refractivity contribution in [2.75, 3.05) is 19.5 Å². The number of esters is 1. The second-order valence-electron chi connectivity index (χ2n) is 6.29. The molecule has 2 aromatic rings. The number of nitrogens with zero attached hydrogens (tertiary/aromatic N) is 3. The van der Waals surface area contributed by atoms with Crippen LogP contribution in [-0.2, 0) is 29.5 Å². The maximum atomic E-state index is 12.7. The van der Waals surface area contributed by atoms with Gasteiger partial charge in [-0.05, 0) is 12.1 Å². The second-order valence-corrected chi connectivity index (χ2v) is 8.47. The number of β-lactam (4-membered cyclic amide) rings is 1. The number of ether oxygens (including phenoxy) is 1. The number of carbonyl (C=O) groups excluding carboxylic acids is 3. The zero-order valence-electron chi connectivity index (χ0n) is 16.4. The predicted molar refractivity (Wildman–Crippen MR) is 118 cm³/mol. The molecule has 1 saturated heterocycles. The van der Waals surface area contributed by atoms with Crippen LogP contribution in [0.4, 0.5) is 5.13 Å². The number of aromatic nitrogens is 1. The Bertz CT molecular complexity index is 1170. The third-order valence-corrected chi connectivity index (χ3v) is 5.88. The maximum absolute atomic E-state index is 12.7. The summed E-state index contributed by atoms with van der Waals surface area (Å²) in [6.45, 7) is -0.620. The van der Waals surface area contributed by atoms with Crippen LogP contribution in [0.5, 0.6) is 0 Å². The summed E-state index contributed by atoms with van der Waals surface area (Å²) in [5.74, 6) is -2.84. The summed E-state index contributed by atoms with van der Waals surface area (Å²) in [4.78, 5) is 45.7. The molecule has 0 bridgehead atoms. The Morgan fingerprint density at radius 1 is 1.33 bits per heavy atom. The molecule has 1 aromatic carbocycles. The van der Waals surface area contributed by atoms with Gasteiger partial charge in [0.1, 0.15) is 31.5 Å². The van der Waals surface area contributed by atoms with Crippen molar-refractivity contribution in [3.63, 3.8) is 0 Å². The number of oxime groups is 1. The van der Waals surface area contributed by atoms with E-state index in [0.717, 1.165) is 11.3 Å². The van der Waals surface area contributed by atoms with Crippen LogP contribution in [0.3, 0.4) is 0 Å². The van der Waals surface area contributed by atoms with Crippen LogP contribution in [0.15, 0.2) is 40.9 Å². The Labute approximate surface area is 214 Å². The summed E-state index contributed by atoms with van der Waals surface area (Å²) in [5, 5.41) is 7.44. The Hall–Kier alpha value is -2.56. The molecule has 2 atom stereocenters. The molecule has 172 valence electrons. The fourth-order valence-electron chi connectivity index (χ4n) is 2.85. The number of nitrogens with two attached hydrogens (primary N) is 1.